The van der Waals surface area contributed by atoms with Crippen LogP contribution < -0.4 is 0 Å². The molecule has 2 N–H and O–H groups in total. The third-order valence-electron chi connectivity index (χ3n) is 1.87. The van der Waals surface area contributed by atoms with Gasteiger partial charge in [0.1, 0.15) is 0 Å². The van der Waals surface area contributed by atoms with Gasteiger partial charge in [-0.05, 0) is 12.8 Å². The van der Waals surface area contributed by atoms with Gasteiger partial charge in [-0.15, -0.1) is 0 Å². The van der Waals surface area contributed by atoms with Crippen molar-refractivity contribution >= 4 is 5.97 Å². The predicted octanol–water partition coefficient (Wildman–Crippen LogP) is 1.84. The number of carbonyl (C=O) groups is 1. The lowest BCUT2D eigenvalue weighted by atomic mass is 10.2. The fourth-order valence-electron chi connectivity index (χ4n) is 1.15. The number of aryl methyl sites for hydroxylation is 1. The Morgan fingerprint density at radius 1 is 1.62 bits per heavy atom. The number of nitrogens with zero attached hydrogens (tertiary/aromatic N) is 1. The van der Waals surface area contributed by atoms with Gasteiger partial charge in [0, 0.05) is 6.20 Å². The number of rotatable bonds is 5. The molecular weight excluding hydrogens is 168 g/mol. The molecule has 72 valence electrons. The number of unbranched alkanes of at least 4 members (excludes halogenated alkanes) is 2. The van der Waals surface area contributed by atoms with Crippen LogP contribution in [0.4, 0.5) is 0 Å². The summed E-state index contributed by atoms with van der Waals surface area (Å²) in [4.78, 5) is 17.0. The van der Waals surface area contributed by atoms with E-state index in [1.807, 2.05) is 0 Å². The van der Waals surface area contributed by atoms with Gasteiger partial charge in [-0.1, -0.05) is 19.8 Å². The van der Waals surface area contributed by atoms with Gasteiger partial charge in [0.25, 0.3) is 0 Å². The molecular formula is C9H14N2O2. The molecule has 0 atom stereocenters. The second-order valence-corrected chi connectivity index (χ2v) is 3.00. The molecule has 13 heavy (non-hydrogen) atoms. The monoisotopic (exact) mass is 182 g/mol. The zero-order valence-corrected chi connectivity index (χ0v) is 7.71. The number of carboxylic acids is 1. The molecule has 0 unspecified atom stereocenters. The molecule has 0 aliphatic carbocycles. The Morgan fingerprint density at radius 2 is 2.38 bits per heavy atom. The lowest BCUT2D eigenvalue weighted by molar-refractivity contribution is 0.0684. The van der Waals surface area contributed by atoms with Crippen molar-refractivity contribution in [2.24, 2.45) is 0 Å². The van der Waals surface area contributed by atoms with E-state index in [0.29, 0.717) is 0 Å². The third kappa shape index (κ3) is 2.89. The van der Waals surface area contributed by atoms with Crippen molar-refractivity contribution in [3.05, 3.63) is 17.7 Å². The van der Waals surface area contributed by atoms with Gasteiger partial charge in [0.15, 0.2) is 0 Å². The molecule has 1 rings (SSSR count). The van der Waals surface area contributed by atoms with Gasteiger partial charge in [-0.2, -0.15) is 0 Å². The van der Waals surface area contributed by atoms with E-state index in [0.717, 1.165) is 31.4 Å². The summed E-state index contributed by atoms with van der Waals surface area (Å²) in [7, 11) is 0. The Kier molecular flexibility index (Phi) is 3.49. The standard InChI is InChI=1S/C9H14N2O2/c1-2-3-4-5-7-6-10-8(11-7)9(12)13/h6H,2-5H2,1H3,(H,10,11)(H,12,13). The van der Waals surface area contributed by atoms with Crippen molar-refractivity contribution in [1.82, 2.24) is 9.97 Å². The van der Waals surface area contributed by atoms with E-state index < -0.39 is 5.97 Å². The molecule has 1 heterocycles. The van der Waals surface area contributed by atoms with Crippen LogP contribution in [0.15, 0.2) is 6.20 Å². The molecule has 1 aromatic rings. The molecule has 0 aliphatic heterocycles. The van der Waals surface area contributed by atoms with E-state index in [4.69, 9.17) is 5.11 Å². The highest BCUT2D eigenvalue weighted by molar-refractivity contribution is 5.83. The molecule has 0 aromatic carbocycles. The van der Waals surface area contributed by atoms with Gasteiger partial charge >= 0.3 is 5.97 Å². The van der Waals surface area contributed by atoms with Crippen molar-refractivity contribution in [2.45, 2.75) is 32.6 Å². The number of hydrogen-bond donors (Lipinski definition) is 2. The Bertz CT molecular complexity index is 281. The first-order valence-corrected chi connectivity index (χ1v) is 4.51. The minimum atomic E-state index is -0.998. The lowest BCUT2D eigenvalue weighted by Gasteiger charge is -1.93. The Labute approximate surface area is 77.0 Å². The van der Waals surface area contributed by atoms with Crippen LogP contribution in [-0.2, 0) is 6.42 Å². The summed E-state index contributed by atoms with van der Waals surface area (Å²) in [5.74, 6) is -0.965. The number of aromatic carboxylic acids is 1. The average Bonchev–Trinajstić information content (AvgIpc) is 2.53. The lowest BCUT2D eigenvalue weighted by Crippen LogP contribution is -1.98. The highest BCUT2D eigenvalue weighted by atomic mass is 16.4. The van der Waals surface area contributed by atoms with Gasteiger partial charge in [0.05, 0.1) is 5.69 Å². The number of hydrogen-bond acceptors (Lipinski definition) is 2. The van der Waals surface area contributed by atoms with E-state index in [1.54, 1.807) is 6.20 Å². The minimum absolute atomic E-state index is 0.0338. The summed E-state index contributed by atoms with van der Waals surface area (Å²) < 4.78 is 0. The van der Waals surface area contributed by atoms with E-state index in [-0.39, 0.29) is 5.82 Å². The molecule has 4 heteroatoms. The van der Waals surface area contributed by atoms with Crippen molar-refractivity contribution in [1.29, 1.82) is 0 Å². The van der Waals surface area contributed by atoms with Crippen LogP contribution >= 0.6 is 0 Å². The number of aromatic nitrogens is 2. The van der Waals surface area contributed by atoms with Crippen LogP contribution in [-0.4, -0.2) is 21.0 Å². The fourth-order valence-corrected chi connectivity index (χ4v) is 1.15. The highest BCUT2D eigenvalue weighted by Crippen LogP contribution is 2.04. The Hall–Kier alpha value is -1.32. The van der Waals surface area contributed by atoms with Crippen LogP contribution in [0.5, 0.6) is 0 Å². The Balaban J connectivity index is 2.44. The minimum Gasteiger partial charge on any atom is -0.475 e. The van der Waals surface area contributed by atoms with Crippen molar-refractivity contribution in [3.63, 3.8) is 0 Å². The zero-order chi connectivity index (χ0) is 9.68. The molecule has 1 aromatic heterocycles. The molecule has 0 amide bonds. The van der Waals surface area contributed by atoms with Gasteiger partial charge in [-0.3, -0.25) is 0 Å². The summed E-state index contributed by atoms with van der Waals surface area (Å²) in [6.07, 6.45) is 5.92. The van der Waals surface area contributed by atoms with Crippen molar-refractivity contribution in [2.75, 3.05) is 0 Å². The van der Waals surface area contributed by atoms with Crippen LogP contribution in [0, 0.1) is 0 Å². The molecule has 0 saturated carbocycles. The first-order chi connectivity index (χ1) is 6.24. The van der Waals surface area contributed by atoms with Gasteiger partial charge in [0.2, 0.25) is 5.82 Å². The molecule has 0 spiro atoms. The topological polar surface area (TPSA) is 66.0 Å². The number of aromatic amines is 1. The summed E-state index contributed by atoms with van der Waals surface area (Å²) >= 11 is 0. The van der Waals surface area contributed by atoms with Crippen LogP contribution in [0.2, 0.25) is 0 Å². The number of H-pyrrole nitrogens is 1. The van der Waals surface area contributed by atoms with Crippen molar-refractivity contribution < 1.29 is 9.90 Å². The smallest absolute Gasteiger partial charge is 0.371 e. The number of nitrogens with one attached hydrogen (secondary N) is 1. The van der Waals surface area contributed by atoms with Gasteiger partial charge in [-0.25, -0.2) is 9.78 Å². The molecule has 0 saturated heterocycles. The average molecular weight is 182 g/mol. The normalized spacial score (nSPS) is 10.2. The predicted molar refractivity (Wildman–Crippen MR) is 48.8 cm³/mol. The number of imidazole rings is 1. The van der Waals surface area contributed by atoms with E-state index in [2.05, 4.69) is 16.9 Å². The van der Waals surface area contributed by atoms with E-state index in [1.165, 1.54) is 0 Å². The SMILES string of the molecule is CCCCCc1c[nH]c(C(=O)O)n1. The maximum atomic E-state index is 10.5. The number of carboxylic acid groups (broad SMARTS) is 1. The Morgan fingerprint density at radius 3 is 2.92 bits per heavy atom. The molecule has 0 fully saturated rings. The molecule has 0 bridgehead atoms. The van der Waals surface area contributed by atoms with E-state index >= 15 is 0 Å². The maximum absolute atomic E-state index is 10.5. The first kappa shape index (κ1) is 9.77. The van der Waals surface area contributed by atoms with Crippen LogP contribution in [0.1, 0.15) is 42.5 Å². The molecule has 4 nitrogen and oxygen atoms in total. The van der Waals surface area contributed by atoms with Crippen molar-refractivity contribution in [3.8, 4) is 0 Å². The zero-order valence-electron chi connectivity index (χ0n) is 7.71. The summed E-state index contributed by atoms with van der Waals surface area (Å²) in [5.41, 5.74) is 0.839. The van der Waals surface area contributed by atoms with E-state index in [9.17, 15) is 4.79 Å². The highest BCUT2D eigenvalue weighted by Gasteiger charge is 2.06. The summed E-state index contributed by atoms with van der Waals surface area (Å²) in [6.45, 7) is 2.13. The largest absolute Gasteiger partial charge is 0.475 e. The second-order valence-electron chi connectivity index (χ2n) is 3.00. The van der Waals surface area contributed by atoms with Gasteiger partial charge < -0.3 is 10.1 Å². The second kappa shape index (κ2) is 4.64. The quantitative estimate of drug-likeness (QED) is 0.683. The molecule has 0 radical (unpaired) electrons. The maximum Gasteiger partial charge on any atom is 0.371 e. The van der Waals surface area contributed by atoms with Crippen LogP contribution in [0.25, 0.3) is 0 Å². The summed E-state index contributed by atoms with van der Waals surface area (Å²) in [5, 5.41) is 8.58. The fraction of sp³-hybridized carbons (Fsp3) is 0.556. The molecule has 0 aliphatic rings. The first-order valence-electron chi connectivity index (χ1n) is 4.51. The third-order valence-corrected chi connectivity index (χ3v) is 1.87. The summed E-state index contributed by atoms with van der Waals surface area (Å²) in [6, 6.07) is 0. The van der Waals surface area contributed by atoms with Crippen LogP contribution in [0.3, 0.4) is 0 Å².